The minimum Gasteiger partial charge on any atom is -0.494 e. The Morgan fingerprint density at radius 1 is 1.04 bits per heavy atom. The van der Waals surface area contributed by atoms with Crippen LogP contribution in [0.3, 0.4) is 0 Å². The number of para-hydroxylation sites is 1. The van der Waals surface area contributed by atoms with Crippen LogP contribution in [-0.2, 0) is 0 Å². The zero-order valence-corrected chi connectivity index (χ0v) is 12.6. The van der Waals surface area contributed by atoms with Crippen molar-refractivity contribution in [2.24, 2.45) is 0 Å². The number of benzene rings is 1. The van der Waals surface area contributed by atoms with Crippen LogP contribution in [0.15, 0.2) is 42.6 Å². The predicted molar refractivity (Wildman–Crippen MR) is 84.8 cm³/mol. The number of methoxy groups -OCH3 is 1. The second kappa shape index (κ2) is 6.39. The molecule has 6 nitrogen and oxygen atoms in total. The number of hydrogen-bond donors (Lipinski definition) is 1. The van der Waals surface area contributed by atoms with Gasteiger partial charge in [-0.15, -0.1) is 0 Å². The van der Waals surface area contributed by atoms with Gasteiger partial charge in [0.1, 0.15) is 17.1 Å². The summed E-state index contributed by atoms with van der Waals surface area (Å²) in [6, 6.07) is 10.8. The topological polar surface area (TPSA) is 84.9 Å². The van der Waals surface area contributed by atoms with Crippen molar-refractivity contribution in [2.75, 3.05) is 7.11 Å². The molecule has 3 aromatic rings. The van der Waals surface area contributed by atoms with Gasteiger partial charge in [-0.25, -0.2) is 4.98 Å². The smallest absolute Gasteiger partial charge is 0.185 e. The van der Waals surface area contributed by atoms with E-state index in [4.69, 9.17) is 4.74 Å². The van der Waals surface area contributed by atoms with Gasteiger partial charge in [-0.2, -0.15) is 5.10 Å². The molecule has 1 aromatic carbocycles. The van der Waals surface area contributed by atoms with E-state index in [2.05, 4.69) is 15.2 Å². The number of hydrogen-bond acceptors (Lipinski definition) is 5. The number of fused-ring (bicyclic) bond motifs is 1. The summed E-state index contributed by atoms with van der Waals surface area (Å²) >= 11 is 0. The molecular formula is C17H15N3O3. The fraction of sp³-hybridized carbons (Fsp3) is 0.176. The maximum absolute atomic E-state index is 12.3. The molecule has 0 spiro atoms. The Morgan fingerprint density at radius 2 is 1.78 bits per heavy atom. The third-order valence-electron chi connectivity index (χ3n) is 3.57. The Kier molecular flexibility index (Phi) is 4.14. The summed E-state index contributed by atoms with van der Waals surface area (Å²) in [5.41, 5.74) is 1.41. The van der Waals surface area contributed by atoms with Crippen LogP contribution < -0.4 is 4.74 Å². The van der Waals surface area contributed by atoms with Gasteiger partial charge in [-0.05, 0) is 18.2 Å². The summed E-state index contributed by atoms with van der Waals surface area (Å²) in [7, 11) is 1.48. The van der Waals surface area contributed by atoms with Gasteiger partial charge in [0, 0.05) is 24.4 Å². The van der Waals surface area contributed by atoms with Crippen molar-refractivity contribution in [3.63, 3.8) is 0 Å². The number of H-pyrrole nitrogens is 1. The fourth-order valence-corrected chi connectivity index (χ4v) is 2.40. The second-order valence-electron chi connectivity index (χ2n) is 5.02. The van der Waals surface area contributed by atoms with Crippen molar-refractivity contribution in [3.8, 4) is 5.75 Å². The van der Waals surface area contributed by atoms with Crippen LogP contribution in [-0.4, -0.2) is 33.9 Å². The molecule has 0 saturated carbocycles. The molecule has 0 aliphatic carbocycles. The quantitative estimate of drug-likeness (QED) is 0.708. The Balaban J connectivity index is 1.73. The summed E-state index contributed by atoms with van der Waals surface area (Å²) in [5.74, 6) is 0.0107. The number of nitrogens with zero attached hydrogens (tertiary/aromatic N) is 2. The first-order valence-corrected chi connectivity index (χ1v) is 7.19. The highest BCUT2D eigenvalue weighted by Gasteiger charge is 2.18. The van der Waals surface area contributed by atoms with E-state index in [-0.39, 0.29) is 30.1 Å². The number of carbonyl (C=O) groups excluding carboxylic acids is 2. The molecule has 0 aliphatic heterocycles. The van der Waals surface area contributed by atoms with Gasteiger partial charge < -0.3 is 4.74 Å². The van der Waals surface area contributed by atoms with E-state index in [1.165, 1.54) is 13.3 Å². The van der Waals surface area contributed by atoms with E-state index < -0.39 is 0 Å². The van der Waals surface area contributed by atoms with Crippen molar-refractivity contribution in [3.05, 3.63) is 54.0 Å². The molecule has 0 atom stereocenters. The number of ketones is 2. The van der Waals surface area contributed by atoms with Crippen LogP contribution in [0.2, 0.25) is 0 Å². The number of nitrogens with one attached hydrogen (secondary N) is 1. The van der Waals surface area contributed by atoms with Gasteiger partial charge in [-0.3, -0.25) is 14.7 Å². The van der Waals surface area contributed by atoms with E-state index in [1.54, 1.807) is 12.1 Å². The summed E-state index contributed by atoms with van der Waals surface area (Å²) in [4.78, 5) is 28.6. The van der Waals surface area contributed by atoms with Gasteiger partial charge in [0.2, 0.25) is 0 Å². The highest BCUT2D eigenvalue weighted by Crippen LogP contribution is 2.20. The zero-order chi connectivity index (χ0) is 16.2. The number of pyridine rings is 1. The number of aromatic nitrogens is 3. The van der Waals surface area contributed by atoms with Crippen molar-refractivity contribution < 1.29 is 14.3 Å². The van der Waals surface area contributed by atoms with Crippen LogP contribution >= 0.6 is 0 Å². The summed E-state index contributed by atoms with van der Waals surface area (Å²) < 4.78 is 5.12. The third-order valence-corrected chi connectivity index (χ3v) is 3.57. The van der Waals surface area contributed by atoms with E-state index in [9.17, 15) is 9.59 Å². The fourth-order valence-electron chi connectivity index (χ4n) is 2.40. The first-order valence-electron chi connectivity index (χ1n) is 7.19. The Bertz CT molecular complexity index is 870. The molecule has 0 unspecified atom stereocenters. The highest BCUT2D eigenvalue weighted by atomic mass is 16.5. The first-order chi connectivity index (χ1) is 11.2. The molecule has 116 valence electrons. The molecule has 0 aliphatic rings. The standard InChI is InChI=1S/C17H15N3O3/c1-23-15-7-4-10-18-17(15)14(22)9-8-13(21)16-11-5-2-3-6-12(11)19-20-16/h2-7,10H,8-9H2,1H3,(H,19,20). The first kappa shape index (κ1) is 14.9. The zero-order valence-electron chi connectivity index (χ0n) is 12.6. The van der Waals surface area contributed by atoms with Gasteiger partial charge in [0.15, 0.2) is 11.6 Å². The molecule has 0 bridgehead atoms. The van der Waals surface area contributed by atoms with E-state index in [0.717, 1.165) is 10.9 Å². The lowest BCUT2D eigenvalue weighted by Crippen LogP contribution is -2.08. The number of Topliss-reactive ketones (excluding diaryl/α,β-unsaturated/α-hetero) is 2. The lowest BCUT2D eigenvalue weighted by molar-refractivity contribution is 0.0911. The van der Waals surface area contributed by atoms with Crippen LogP contribution in [0.4, 0.5) is 0 Å². The van der Waals surface area contributed by atoms with Crippen LogP contribution in [0.25, 0.3) is 10.9 Å². The third kappa shape index (κ3) is 2.96. The average molecular weight is 309 g/mol. The number of ether oxygens (including phenoxy) is 1. The number of carbonyl (C=O) groups is 2. The van der Waals surface area contributed by atoms with E-state index in [0.29, 0.717) is 11.4 Å². The Labute approximate surface area is 132 Å². The minimum atomic E-state index is -0.226. The van der Waals surface area contributed by atoms with E-state index in [1.807, 2.05) is 24.3 Å². The van der Waals surface area contributed by atoms with Crippen molar-refractivity contribution in [1.29, 1.82) is 0 Å². The molecule has 0 amide bonds. The molecule has 1 N–H and O–H groups in total. The normalized spacial score (nSPS) is 10.7. The molecule has 0 radical (unpaired) electrons. The maximum atomic E-state index is 12.3. The Hall–Kier alpha value is -3.02. The highest BCUT2D eigenvalue weighted by molar-refractivity contribution is 6.07. The molecular weight excluding hydrogens is 294 g/mol. The van der Waals surface area contributed by atoms with E-state index >= 15 is 0 Å². The predicted octanol–water partition coefficient (Wildman–Crippen LogP) is 2.81. The molecule has 3 rings (SSSR count). The Morgan fingerprint density at radius 3 is 2.57 bits per heavy atom. The summed E-state index contributed by atoms with van der Waals surface area (Å²) in [6.07, 6.45) is 1.67. The lowest BCUT2D eigenvalue weighted by Gasteiger charge is -2.05. The molecule has 2 aromatic heterocycles. The molecule has 0 saturated heterocycles. The molecule has 2 heterocycles. The van der Waals surface area contributed by atoms with Crippen LogP contribution in [0.5, 0.6) is 5.75 Å². The molecule has 23 heavy (non-hydrogen) atoms. The molecule has 6 heteroatoms. The van der Waals surface area contributed by atoms with Crippen LogP contribution in [0.1, 0.15) is 33.8 Å². The maximum Gasteiger partial charge on any atom is 0.185 e. The van der Waals surface area contributed by atoms with Gasteiger partial charge in [-0.1, -0.05) is 18.2 Å². The van der Waals surface area contributed by atoms with Gasteiger partial charge >= 0.3 is 0 Å². The van der Waals surface area contributed by atoms with Crippen molar-refractivity contribution >= 4 is 22.5 Å². The minimum absolute atomic E-state index is 0.0629. The summed E-state index contributed by atoms with van der Waals surface area (Å²) in [5, 5.41) is 7.64. The average Bonchev–Trinajstić information content (AvgIpc) is 3.03. The molecule has 0 fully saturated rings. The second-order valence-corrected chi connectivity index (χ2v) is 5.02. The van der Waals surface area contributed by atoms with Crippen molar-refractivity contribution in [1.82, 2.24) is 15.2 Å². The summed E-state index contributed by atoms with van der Waals surface area (Å²) in [6.45, 7) is 0. The lowest BCUT2D eigenvalue weighted by atomic mass is 10.0. The number of aromatic amines is 1. The van der Waals surface area contributed by atoms with Crippen LogP contribution in [0, 0.1) is 0 Å². The van der Waals surface area contributed by atoms with Gasteiger partial charge in [0.05, 0.1) is 12.6 Å². The van der Waals surface area contributed by atoms with Gasteiger partial charge in [0.25, 0.3) is 0 Å². The largest absolute Gasteiger partial charge is 0.494 e. The number of rotatable bonds is 6. The van der Waals surface area contributed by atoms with Crippen molar-refractivity contribution in [2.45, 2.75) is 12.8 Å². The monoisotopic (exact) mass is 309 g/mol. The SMILES string of the molecule is COc1cccnc1C(=O)CCC(=O)c1n[nH]c2ccccc12.